The molecule has 0 aliphatic carbocycles. The summed E-state index contributed by atoms with van der Waals surface area (Å²) >= 11 is 0. The maximum atomic E-state index is 5.87. The van der Waals surface area contributed by atoms with Crippen molar-refractivity contribution in [2.75, 3.05) is 13.7 Å². The second-order valence-corrected chi connectivity index (χ2v) is 4.27. The van der Waals surface area contributed by atoms with Gasteiger partial charge < -0.3 is 10.5 Å². The number of methoxy groups -OCH3 is 1. The lowest BCUT2D eigenvalue weighted by molar-refractivity contribution is 0.414. The second kappa shape index (κ2) is 6.17. The quantitative estimate of drug-likeness (QED) is 0.875. The highest BCUT2D eigenvalue weighted by Gasteiger charge is 2.10. The van der Waals surface area contributed by atoms with Gasteiger partial charge in [-0.3, -0.25) is 4.98 Å². The number of aromatic nitrogens is 1. The number of rotatable bonds is 5. The molecule has 0 aliphatic rings. The Labute approximate surface area is 108 Å². The van der Waals surface area contributed by atoms with Crippen LogP contribution in [0, 0.1) is 0 Å². The van der Waals surface area contributed by atoms with Crippen molar-refractivity contribution in [1.29, 1.82) is 0 Å². The van der Waals surface area contributed by atoms with E-state index >= 15 is 0 Å². The fourth-order valence-electron chi connectivity index (χ4n) is 2.02. The van der Waals surface area contributed by atoms with E-state index in [2.05, 4.69) is 23.2 Å². The van der Waals surface area contributed by atoms with Crippen LogP contribution in [0.3, 0.4) is 0 Å². The lowest BCUT2D eigenvalue weighted by Crippen LogP contribution is -2.15. The van der Waals surface area contributed by atoms with Gasteiger partial charge in [0.1, 0.15) is 5.75 Å². The van der Waals surface area contributed by atoms with E-state index in [1.54, 1.807) is 13.3 Å². The molecule has 0 fully saturated rings. The largest absolute Gasteiger partial charge is 0.497 e. The Bertz CT molecular complexity index is 468. The smallest absolute Gasteiger partial charge is 0.118 e. The fraction of sp³-hybridized carbons (Fsp3) is 0.267. The second-order valence-electron chi connectivity index (χ2n) is 4.27. The van der Waals surface area contributed by atoms with Crippen LogP contribution in [0.15, 0.2) is 48.8 Å². The Morgan fingerprint density at radius 3 is 2.56 bits per heavy atom. The Hall–Kier alpha value is -1.87. The molecule has 0 saturated carbocycles. The van der Waals surface area contributed by atoms with Gasteiger partial charge in [0.05, 0.1) is 7.11 Å². The summed E-state index contributed by atoms with van der Waals surface area (Å²) < 4.78 is 5.16. The monoisotopic (exact) mass is 242 g/mol. The van der Waals surface area contributed by atoms with Crippen LogP contribution in [0.2, 0.25) is 0 Å². The molecule has 1 unspecified atom stereocenters. The topological polar surface area (TPSA) is 48.1 Å². The highest BCUT2D eigenvalue weighted by molar-refractivity contribution is 5.30. The van der Waals surface area contributed by atoms with E-state index in [-0.39, 0.29) is 0 Å². The molecule has 0 radical (unpaired) electrons. The third-order valence-corrected chi connectivity index (χ3v) is 3.08. The first-order valence-corrected chi connectivity index (χ1v) is 6.06. The molecule has 2 aromatic rings. The fourth-order valence-corrected chi connectivity index (χ4v) is 2.02. The van der Waals surface area contributed by atoms with Gasteiger partial charge in [-0.2, -0.15) is 0 Å². The van der Waals surface area contributed by atoms with Crippen molar-refractivity contribution < 1.29 is 4.74 Å². The van der Waals surface area contributed by atoms with Crippen molar-refractivity contribution in [1.82, 2.24) is 4.98 Å². The predicted octanol–water partition coefficient (Wildman–Crippen LogP) is 2.38. The Kier molecular flexibility index (Phi) is 4.31. The summed E-state index contributed by atoms with van der Waals surface area (Å²) in [5, 5.41) is 0. The molecule has 1 heterocycles. The molecule has 0 spiro atoms. The van der Waals surface area contributed by atoms with Gasteiger partial charge in [-0.05, 0) is 42.3 Å². The molecule has 3 heteroatoms. The Balaban J connectivity index is 2.12. The molecule has 3 nitrogen and oxygen atoms in total. The summed E-state index contributed by atoms with van der Waals surface area (Å²) in [5.74, 6) is 1.19. The lowest BCUT2D eigenvalue weighted by atomic mass is 9.93. The van der Waals surface area contributed by atoms with Gasteiger partial charge in [0.15, 0.2) is 0 Å². The molecule has 0 amide bonds. The third kappa shape index (κ3) is 3.08. The van der Waals surface area contributed by atoms with Gasteiger partial charge in [-0.15, -0.1) is 0 Å². The van der Waals surface area contributed by atoms with Crippen molar-refractivity contribution in [3.63, 3.8) is 0 Å². The number of hydrogen-bond donors (Lipinski definition) is 1. The van der Waals surface area contributed by atoms with Gasteiger partial charge in [0.25, 0.3) is 0 Å². The SMILES string of the molecule is COc1ccc(C(CN)Cc2cccnc2)cc1. The zero-order valence-electron chi connectivity index (χ0n) is 10.5. The first-order chi connectivity index (χ1) is 8.83. The normalized spacial score (nSPS) is 12.1. The van der Waals surface area contributed by atoms with Crippen LogP contribution in [-0.4, -0.2) is 18.6 Å². The van der Waals surface area contributed by atoms with E-state index in [0.29, 0.717) is 12.5 Å². The summed E-state index contributed by atoms with van der Waals surface area (Å²) in [5.41, 5.74) is 8.32. The molecule has 1 aromatic carbocycles. The summed E-state index contributed by atoms with van der Waals surface area (Å²) in [7, 11) is 1.67. The average Bonchev–Trinajstić information content (AvgIpc) is 2.46. The minimum Gasteiger partial charge on any atom is -0.497 e. The maximum absolute atomic E-state index is 5.87. The maximum Gasteiger partial charge on any atom is 0.118 e. The number of benzene rings is 1. The molecular formula is C15H18N2O. The minimum atomic E-state index is 0.320. The van der Waals surface area contributed by atoms with Gasteiger partial charge in [0, 0.05) is 18.3 Å². The molecule has 0 saturated heterocycles. The zero-order chi connectivity index (χ0) is 12.8. The van der Waals surface area contributed by atoms with Crippen LogP contribution in [0.4, 0.5) is 0 Å². The standard InChI is InChI=1S/C15H18N2O/c1-18-15-6-4-13(5-7-15)14(10-16)9-12-3-2-8-17-11-12/h2-8,11,14H,9-10,16H2,1H3. The highest BCUT2D eigenvalue weighted by atomic mass is 16.5. The number of hydrogen-bond acceptors (Lipinski definition) is 3. The first-order valence-electron chi connectivity index (χ1n) is 6.06. The zero-order valence-corrected chi connectivity index (χ0v) is 10.5. The summed E-state index contributed by atoms with van der Waals surface area (Å²) in [6.07, 6.45) is 4.59. The molecule has 0 aliphatic heterocycles. The summed E-state index contributed by atoms with van der Waals surface area (Å²) in [6.45, 7) is 0.626. The predicted molar refractivity (Wildman–Crippen MR) is 72.7 cm³/mol. The molecule has 0 bridgehead atoms. The molecular weight excluding hydrogens is 224 g/mol. The van der Waals surface area contributed by atoms with Crippen LogP contribution < -0.4 is 10.5 Å². The van der Waals surface area contributed by atoms with Crippen molar-refractivity contribution in [3.8, 4) is 5.75 Å². The lowest BCUT2D eigenvalue weighted by Gasteiger charge is -2.15. The van der Waals surface area contributed by atoms with Gasteiger partial charge in [-0.1, -0.05) is 18.2 Å². The van der Waals surface area contributed by atoms with Gasteiger partial charge >= 0.3 is 0 Å². The van der Waals surface area contributed by atoms with Gasteiger partial charge in [0.2, 0.25) is 0 Å². The number of pyridine rings is 1. The van der Waals surface area contributed by atoms with Crippen LogP contribution in [0.5, 0.6) is 5.75 Å². The Morgan fingerprint density at radius 1 is 1.22 bits per heavy atom. The van der Waals surface area contributed by atoms with Crippen molar-refractivity contribution in [2.45, 2.75) is 12.3 Å². The van der Waals surface area contributed by atoms with Crippen molar-refractivity contribution >= 4 is 0 Å². The van der Waals surface area contributed by atoms with E-state index < -0.39 is 0 Å². The highest BCUT2D eigenvalue weighted by Crippen LogP contribution is 2.22. The van der Waals surface area contributed by atoms with Crippen LogP contribution in [0.25, 0.3) is 0 Å². The molecule has 94 valence electrons. The number of ether oxygens (including phenoxy) is 1. The van der Waals surface area contributed by atoms with Crippen molar-refractivity contribution in [2.24, 2.45) is 5.73 Å². The summed E-state index contributed by atoms with van der Waals surface area (Å²) in [4.78, 5) is 4.13. The molecule has 2 rings (SSSR count). The molecule has 1 atom stereocenters. The average molecular weight is 242 g/mol. The Morgan fingerprint density at radius 2 is 2.00 bits per heavy atom. The van der Waals surface area contributed by atoms with Crippen LogP contribution in [-0.2, 0) is 6.42 Å². The number of nitrogens with zero attached hydrogens (tertiary/aromatic N) is 1. The van der Waals surface area contributed by atoms with E-state index in [1.807, 2.05) is 24.4 Å². The third-order valence-electron chi connectivity index (χ3n) is 3.08. The molecule has 1 aromatic heterocycles. The first kappa shape index (κ1) is 12.6. The summed E-state index contributed by atoms with van der Waals surface area (Å²) in [6, 6.07) is 12.1. The van der Waals surface area contributed by atoms with Crippen LogP contribution in [0.1, 0.15) is 17.0 Å². The van der Waals surface area contributed by atoms with E-state index in [1.165, 1.54) is 11.1 Å². The van der Waals surface area contributed by atoms with Crippen molar-refractivity contribution in [3.05, 3.63) is 59.9 Å². The number of nitrogens with two attached hydrogens (primary N) is 1. The van der Waals surface area contributed by atoms with E-state index in [4.69, 9.17) is 10.5 Å². The van der Waals surface area contributed by atoms with E-state index in [0.717, 1.165) is 12.2 Å². The van der Waals surface area contributed by atoms with Gasteiger partial charge in [-0.25, -0.2) is 0 Å². The molecule has 2 N–H and O–H groups in total. The minimum absolute atomic E-state index is 0.320. The van der Waals surface area contributed by atoms with E-state index in [9.17, 15) is 0 Å². The molecule has 18 heavy (non-hydrogen) atoms. The van der Waals surface area contributed by atoms with Crippen LogP contribution >= 0.6 is 0 Å².